The van der Waals surface area contributed by atoms with Gasteiger partial charge < -0.3 is 10.2 Å². The number of hydrogen-bond donors (Lipinski definition) is 2. The van der Waals surface area contributed by atoms with E-state index < -0.39 is 5.97 Å². The van der Waals surface area contributed by atoms with Crippen LogP contribution in [0.4, 0.5) is 0 Å². The van der Waals surface area contributed by atoms with Gasteiger partial charge >= 0.3 is 5.97 Å². The fourth-order valence-electron chi connectivity index (χ4n) is 2.86. The van der Waals surface area contributed by atoms with Crippen LogP contribution in [0.3, 0.4) is 0 Å². The normalized spacial score (nSPS) is 16.1. The summed E-state index contributed by atoms with van der Waals surface area (Å²) in [7, 11) is 0. The molecule has 3 nitrogen and oxygen atoms in total. The van der Waals surface area contributed by atoms with Crippen LogP contribution >= 0.6 is 11.8 Å². The molecule has 0 radical (unpaired) electrons. The smallest absolute Gasteiger partial charge is 0.335 e. The summed E-state index contributed by atoms with van der Waals surface area (Å²) in [5.74, 6) is 0.0779. The van der Waals surface area contributed by atoms with Gasteiger partial charge in [0.05, 0.1) is 5.56 Å². The van der Waals surface area contributed by atoms with Crippen LogP contribution in [0.1, 0.15) is 47.3 Å². The molecule has 0 amide bonds. The molecular weight excluding hydrogens is 320 g/mol. The SMILES string of the molecule is CC1(C)CCSc2ccc(/C=C/c3ccc(C(=O)O)cc3O)cc21. The summed E-state index contributed by atoms with van der Waals surface area (Å²) in [4.78, 5) is 12.3. The van der Waals surface area contributed by atoms with Gasteiger partial charge in [-0.05, 0) is 46.9 Å². The van der Waals surface area contributed by atoms with E-state index in [2.05, 4.69) is 32.0 Å². The van der Waals surface area contributed by atoms with E-state index in [-0.39, 0.29) is 16.7 Å². The summed E-state index contributed by atoms with van der Waals surface area (Å²) in [5.41, 5.74) is 3.30. The Morgan fingerprint density at radius 2 is 1.96 bits per heavy atom. The van der Waals surface area contributed by atoms with Crippen molar-refractivity contribution < 1.29 is 15.0 Å². The first-order chi connectivity index (χ1) is 11.4. The van der Waals surface area contributed by atoms with Crippen molar-refractivity contribution in [3.63, 3.8) is 0 Å². The number of carboxylic acids is 1. The van der Waals surface area contributed by atoms with Crippen LogP contribution in [0.2, 0.25) is 0 Å². The van der Waals surface area contributed by atoms with Gasteiger partial charge in [0.15, 0.2) is 0 Å². The van der Waals surface area contributed by atoms with Crippen molar-refractivity contribution in [1.82, 2.24) is 0 Å². The van der Waals surface area contributed by atoms with E-state index in [4.69, 9.17) is 5.11 Å². The van der Waals surface area contributed by atoms with Crippen molar-refractivity contribution in [3.8, 4) is 5.75 Å². The molecule has 0 unspecified atom stereocenters. The Kier molecular flexibility index (Phi) is 4.41. The Balaban J connectivity index is 1.89. The second-order valence-electron chi connectivity index (χ2n) is 6.65. The van der Waals surface area contributed by atoms with Crippen molar-refractivity contribution in [2.45, 2.75) is 30.6 Å². The van der Waals surface area contributed by atoms with E-state index in [0.717, 1.165) is 17.7 Å². The highest BCUT2D eigenvalue weighted by atomic mass is 32.2. The third-order valence-corrected chi connectivity index (χ3v) is 5.53. The van der Waals surface area contributed by atoms with Crippen molar-refractivity contribution >= 4 is 29.9 Å². The summed E-state index contributed by atoms with van der Waals surface area (Å²) in [6.45, 7) is 4.55. The maximum atomic E-state index is 10.9. The van der Waals surface area contributed by atoms with Gasteiger partial charge in [-0.25, -0.2) is 4.79 Å². The average Bonchev–Trinajstić information content (AvgIpc) is 2.53. The number of phenolic OH excluding ortho intramolecular Hbond substituents is 1. The highest BCUT2D eigenvalue weighted by Crippen LogP contribution is 2.41. The Morgan fingerprint density at radius 1 is 1.17 bits per heavy atom. The number of aromatic carboxylic acids is 1. The van der Waals surface area contributed by atoms with Crippen molar-refractivity contribution in [2.75, 3.05) is 5.75 Å². The lowest BCUT2D eigenvalue weighted by Crippen LogP contribution is -2.22. The van der Waals surface area contributed by atoms with Crippen LogP contribution in [-0.2, 0) is 5.41 Å². The van der Waals surface area contributed by atoms with Gasteiger partial charge in [-0.1, -0.05) is 44.2 Å². The molecule has 1 heterocycles. The van der Waals surface area contributed by atoms with Crippen LogP contribution in [-0.4, -0.2) is 21.9 Å². The molecule has 1 aliphatic heterocycles. The minimum atomic E-state index is -1.05. The highest BCUT2D eigenvalue weighted by molar-refractivity contribution is 7.99. The van der Waals surface area contributed by atoms with Gasteiger partial charge in [0.25, 0.3) is 0 Å². The lowest BCUT2D eigenvalue weighted by Gasteiger charge is -2.32. The third kappa shape index (κ3) is 3.34. The molecule has 0 aliphatic carbocycles. The van der Waals surface area contributed by atoms with Crippen LogP contribution in [0.15, 0.2) is 41.3 Å². The fourth-order valence-corrected chi connectivity index (χ4v) is 4.35. The number of phenols is 1. The number of hydrogen-bond acceptors (Lipinski definition) is 3. The Morgan fingerprint density at radius 3 is 2.67 bits per heavy atom. The van der Waals surface area contributed by atoms with Crippen molar-refractivity contribution in [2.24, 2.45) is 0 Å². The Bertz CT molecular complexity index is 822. The largest absolute Gasteiger partial charge is 0.507 e. The average molecular weight is 340 g/mol. The van der Waals surface area contributed by atoms with Gasteiger partial charge in [-0.15, -0.1) is 11.8 Å². The van der Waals surface area contributed by atoms with E-state index in [1.165, 1.54) is 22.6 Å². The maximum Gasteiger partial charge on any atom is 0.335 e. The number of carboxylic acid groups (broad SMARTS) is 1. The first-order valence-corrected chi connectivity index (χ1v) is 8.87. The minimum Gasteiger partial charge on any atom is -0.507 e. The molecule has 4 heteroatoms. The van der Waals surface area contributed by atoms with E-state index in [0.29, 0.717) is 5.56 Å². The summed E-state index contributed by atoms with van der Waals surface area (Å²) in [5, 5.41) is 18.9. The number of carbonyl (C=O) groups is 1. The molecule has 0 bridgehead atoms. The zero-order chi connectivity index (χ0) is 17.3. The molecule has 1 aliphatic rings. The fraction of sp³-hybridized carbons (Fsp3) is 0.250. The van der Waals surface area contributed by atoms with E-state index in [1.807, 2.05) is 23.9 Å². The predicted octanol–water partition coefficient (Wildman–Crippen LogP) is 5.03. The van der Waals surface area contributed by atoms with E-state index >= 15 is 0 Å². The molecule has 124 valence electrons. The second-order valence-corrected chi connectivity index (χ2v) is 7.79. The second kappa shape index (κ2) is 6.36. The lowest BCUT2D eigenvalue weighted by molar-refractivity contribution is 0.0696. The standard InChI is InChI=1S/C20H20O3S/c1-20(2)9-10-24-18-8-4-13(11-16(18)20)3-5-14-6-7-15(19(22)23)12-17(14)21/h3-8,11-12,21H,9-10H2,1-2H3,(H,22,23)/b5-3+. The van der Waals surface area contributed by atoms with Gasteiger partial charge in [0.1, 0.15) is 5.75 Å². The quantitative estimate of drug-likeness (QED) is 0.769. The number of fused-ring (bicyclic) bond motifs is 1. The summed E-state index contributed by atoms with van der Waals surface area (Å²) < 4.78 is 0. The van der Waals surface area contributed by atoms with Crippen molar-refractivity contribution in [1.29, 1.82) is 0 Å². The number of rotatable bonds is 3. The zero-order valence-corrected chi connectivity index (χ0v) is 14.6. The van der Waals surface area contributed by atoms with Crippen LogP contribution in [0.5, 0.6) is 5.75 Å². The Hall–Kier alpha value is -2.20. The van der Waals surface area contributed by atoms with E-state index in [1.54, 1.807) is 6.07 Å². The van der Waals surface area contributed by atoms with Gasteiger partial charge in [-0.2, -0.15) is 0 Å². The molecule has 3 rings (SSSR count). The first kappa shape index (κ1) is 16.7. The Labute approximate surface area is 146 Å². The van der Waals surface area contributed by atoms with E-state index in [9.17, 15) is 9.90 Å². The number of aromatic hydroxyl groups is 1. The molecule has 24 heavy (non-hydrogen) atoms. The third-order valence-electron chi connectivity index (χ3n) is 4.45. The van der Waals surface area contributed by atoms with Gasteiger partial charge in [0.2, 0.25) is 0 Å². The molecular formula is C20H20O3S. The zero-order valence-electron chi connectivity index (χ0n) is 13.7. The van der Waals surface area contributed by atoms with Crippen LogP contribution < -0.4 is 0 Å². The molecule has 0 fully saturated rings. The maximum absolute atomic E-state index is 10.9. The first-order valence-electron chi connectivity index (χ1n) is 7.88. The molecule has 0 saturated carbocycles. The molecule has 0 saturated heterocycles. The number of thioether (sulfide) groups is 1. The molecule has 0 aromatic heterocycles. The lowest BCUT2D eigenvalue weighted by atomic mass is 9.81. The van der Waals surface area contributed by atoms with Crippen LogP contribution in [0.25, 0.3) is 12.2 Å². The molecule has 0 spiro atoms. The van der Waals surface area contributed by atoms with Crippen molar-refractivity contribution in [3.05, 3.63) is 58.7 Å². The highest BCUT2D eigenvalue weighted by Gasteiger charge is 2.27. The monoisotopic (exact) mass is 340 g/mol. The molecule has 2 aromatic carbocycles. The molecule has 2 aromatic rings. The summed E-state index contributed by atoms with van der Waals surface area (Å²) >= 11 is 1.90. The number of benzene rings is 2. The predicted molar refractivity (Wildman–Crippen MR) is 98.8 cm³/mol. The van der Waals surface area contributed by atoms with Gasteiger partial charge in [0, 0.05) is 10.5 Å². The molecule has 0 atom stereocenters. The topological polar surface area (TPSA) is 57.5 Å². The minimum absolute atomic E-state index is 0.0278. The summed E-state index contributed by atoms with van der Waals surface area (Å²) in [6.07, 6.45) is 4.92. The summed E-state index contributed by atoms with van der Waals surface area (Å²) in [6, 6.07) is 10.8. The molecule has 2 N–H and O–H groups in total. The van der Waals surface area contributed by atoms with Gasteiger partial charge in [-0.3, -0.25) is 0 Å². The van der Waals surface area contributed by atoms with Crippen LogP contribution in [0, 0.1) is 0 Å².